The lowest BCUT2D eigenvalue weighted by atomic mass is 9.94. The molecule has 0 saturated heterocycles. The lowest BCUT2D eigenvalue weighted by Gasteiger charge is -2.20. The molecular weight excluding hydrogens is 440 g/mol. The van der Waals surface area contributed by atoms with Gasteiger partial charge in [-0.05, 0) is 50.7 Å². The minimum Gasteiger partial charge on any atom is -0.417 e. The maximum absolute atomic E-state index is 12.2. The number of aromatic nitrogens is 3. The molecule has 0 spiro atoms. The molecule has 9 nitrogen and oxygen atoms in total. The zero-order valence-corrected chi connectivity index (χ0v) is 20.0. The number of nitrogens with one attached hydrogen (secondary N) is 1. The summed E-state index contributed by atoms with van der Waals surface area (Å²) in [5.41, 5.74) is 7.49. The summed E-state index contributed by atoms with van der Waals surface area (Å²) in [4.78, 5) is 6.69. The normalized spacial score (nSPS) is 15.8. The van der Waals surface area contributed by atoms with Crippen molar-refractivity contribution < 1.29 is 12.8 Å². The van der Waals surface area contributed by atoms with Gasteiger partial charge in [-0.2, -0.15) is 0 Å². The first kappa shape index (κ1) is 23.2. The standard InChI is InChI=1S/C23H30N6O3S/c1-4-33(30,31)28-18-12-19(25-20(13-18)29(3)15-17-10-11-17)21-26-27-22(32-21)23(2,24)14-16-8-6-5-7-9-16/h5-9,12-13,17H,4,10-11,14-15,24H2,1-3H3,(H,25,28). The Kier molecular flexibility index (Phi) is 6.40. The molecule has 1 saturated carbocycles. The van der Waals surface area contributed by atoms with Crippen molar-refractivity contribution in [3.8, 4) is 11.6 Å². The number of anilines is 2. The summed E-state index contributed by atoms with van der Waals surface area (Å²) >= 11 is 0. The smallest absolute Gasteiger partial charge is 0.266 e. The molecule has 1 unspecified atom stereocenters. The summed E-state index contributed by atoms with van der Waals surface area (Å²) in [6.45, 7) is 4.28. The van der Waals surface area contributed by atoms with Crippen LogP contribution in [-0.2, 0) is 22.0 Å². The second-order valence-electron chi connectivity index (χ2n) is 8.92. The number of hydrogen-bond acceptors (Lipinski definition) is 8. The van der Waals surface area contributed by atoms with Crippen LogP contribution in [-0.4, -0.2) is 42.9 Å². The molecule has 4 rings (SSSR count). The minimum absolute atomic E-state index is 0.0341. The molecule has 0 aliphatic heterocycles. The van der Waals surface area contributed by atoms with Crippen LogP contribution in [0.15, 0.2) is 46.9 Å². The Morgan fingerprint density at radius 3 is 2.61 bits per heavy atom. The number of hydrogen-bond donors (Lipinski definition) is 2. The highest BCUT2D eigenvalue weighted by Crippen LogP contribution is 2.32. The molecule has 3 aromatic rings. The SMILES string of the molecule is CCS(=O)(=O)Nc1cc(-c2nnc(C(C)(N)Cc3ccccc3)o2)nc(N(C)CC2CC2)c1. The maximum atomic E-state index is 12.2. The lowest BCUT2D eigenvalue weighted by molar-refractivity contribution is 0.355. The van der Waals surface area contributed by atoms with Gasteiger partial charge < -0.3 is 15.1 Å². The van der Waals surface area contributed by atoms with Crippen molar-refractivity contribution in [3.05, 3.63) is 53.9 Å². The first-order valence-corrected chi connectivity index (χ1v) is 12.7. The average molecular weight is 471 g/mol. The highest BCUT2D eigenvalue weighted by atomic mass is 32.2. The van der Waals surface area contributed by atoms with Crippen molar-refractivity contribution in [1.29, 1.82) is 0 Å². The Morgan fingerprint density at radius 1 is 1.21 bits per heavy atom. The van der Waals surface area contributed by atoms with E-state index in [0.29, 0.717) is 29.5 Å². The number of benzene rings is 1. The van der Waals surface area contributed by atoms with E-state index in [2.05, 4.69) is 19.9 Å². The van der Waals surface area contributed by atoms with Gasteiger partial charge in [0.2, 0.25) is 15.9 Å². The molecule has 0 radical (unpaired) electrons. The van der Waals surface area contributed by atoms with Gasteiger partial charge in [-0.3, -0.25) is 4.72 Å². The van der Waals surface area contributed by atoms with Gasteiger partial charge in [0.15, 0.2) is 0 Å². The number of sulfonamides is 1. The summed E-state index contributed by atoms with van der Waals surface area (Å²) in [5, 5.41) is 8.35. The van der Waals surface area contributed by atoms with Gasteiger partial charge in [-0.15, -0.1) is 10.2 Å². The third kappa shape index (κ3) is 5.88. The van der Waals surface area contributed by atoms with E-state index in [1.165, 1.54) is 12.8 Å². The van der Waals surface area contributed by atoms with Gasteiger partial charge in [0.1, 0.15) is 11.5 Å². The maximum Gasteiger partial charge on any atom is 0.266 e. The quantitative estimate of drug-likeness (QED) is 0.463. The van der Waals surface area contributed by atoms with Crippen LogP contribution in [0.4, 0.5) is 11.5 Å². The van der Waals surface area contributed by atoms with E-state index in [9.17, 15) is 8.42 Å². The summed E-state index contributed by atoms with van der Waals surface area (Å²) in [7, 11) is -1.52. The highest BCUT2D eigenvalue weighted by molar-refractivity contribution is 7.92. The number of nitrogens with zero attached hydrogens (tertiary/aromatic N) is 4. The molecule has 2 aromatic heterocycles. The van der Waals surface area contributed by atoms with Crippen LogP contribution in [0.1, 0.15) is 38.1 Å². The fourth-order valence-corrected chi connectivity index (χ4v) is 4.19. The van der Waals surface area contributed by atoms with Crippen LogP contribution in [0.25, 0.3) is 11.6 Å². The van der Waals surface area contributed by atoms with E-state index in [1.54, 1.807) is 19.1 Å². The van der Waals surface area contributed by atoms with E-state index in [4.69, 9.17) is 10.2 Å². The van der Waals surface area contributed by atoms with E-state index >= 15 is 0 Å². The molecule has 1 aliphatic rings. The molecule has 10 heteroatoms. The van der Waals surface area contributed by atoms with Crippen molar-refractivity contribution in [2.24, 2.45) is 11.7 Å². The van der Waals surface area contributed by atoms with Crippen LogP contribution >= 0.6 is 0 Å². The molecule has 3 N–H and O–H groups in total. The zero-order chi connectivity index (χ0) is 23.6. The lowest BCUT2D eigenvalue weighted by Crippen LogP contribution is -2.35. The third-order valence-electron chi connectivity index (χ3n) is 5.63. The molecule has 1 aromatic carbocycles. The van der Waals surface area contributed by atoms with E-state index in [-0.39, 0.29) is 17.5 Å². The van der Waals surface area contributed by atoms with Gasteiger partial charge in [-0.1, -0.05) is 30.3 Å². The van der Waals surface area contributed by atoms with Crippen LogP contribution in [0.5, 0.6) is 0 Å². The fraction of sp³-hybridized carbons (Fsp3) is 0.435. The summed E-state index contributed by atoms with van der Waals surface area (Å²) in [6.07, 6.45) is 2.92. The molecule has 0 bridgehead atoms. The Balaban J connectivity index is 1.65. The van der Waals surface area contributed by atoms with Crippen LogP contribution in [0, 0.1) is 5.92 Å². The largest absolute Gasteiger partial charge is 0.417 e. The van der Waals surface area contributed by atoms with E-state index in [0.717, 1.165) is 12.1 Å². The van der Waals surface area contributed by atoms with Crippen LogP contribution in [0.2, 0.25) is 0 Å². The van der Waals surface area contributed by atoms with Gasteiger partial charge in [0.25, 0.3) is 5.89 Å². The van der Waals surface area contributed by atoms with E-state index < -0.39 is 15.6 Å². The van der Waals surface area contributed by atoms with Crippen LogP contribution < -0.4 is 15.4 Å². The molecule has 1 atom stereocenters. The molecule has 33 heavy (non-hydrogen) atoms. The molecule has 2 heterocycles. The summed E-state index contributed by atoms with van der Waals surface area (Å²) in [6, 6.07) is 13.2. The Labute approximate surface area is 194 Å². The Morgan fingerprint density at radius 2 is 1.94 bits per heavy atom. The minimum atomic E-state index is -3.46. The predicted molar refractivity (Wildman–Crippen MR) is 128 cm³/mol. The molecular formula is C23H30N6O3S. The van der Waals surface area contributed by atoms with Crippen LogP contribution in [0.3, 0.4) is 0 Å². The molecule has 1 fully saturated rings. The van der Waals surface area contributed by atoms with Gasteiger partial charge in [0, 0.05) is 19.7 Å². The topological polar surface area (TPSA) is 127 Å². The molecule has 176 valence electrons. The molecule has 0 amide bonds. The Hall–Kier alpha value is -2.98. The van der Waals surface area contributed by atoms with Crippen molar-refractivity contribution in [2.75, 3.05) is 29.0 Å². The molecule has 1 aliphatic carbocycles. The second-order valence-corrected chi connectivity index (χ2v) is 10.9. The van der Waals surface area contributed by atoms with E-state index in [1.807, 2.05) is 49.2 Å². The number of nitrogens with two attached hydrogens (primary N) is 1. The third-order valence-corrected chi connectivity index (χ3v) is 6.94. The summed E-state index contributed by atoms with van der Waals surface area (Å²) in [5.74, 6) is 1.71. The van der Waals surface area contributed by atoms with Gasteiger partial charge in [-0.25, -0.2) is 13.4 Å². The Bertz CT molecular complexity index is 1210. The van der Waals surface area contributed by atoms with Crippen molar-refractivity contribution in [3.63, 3.8) is 0 Å². The zero-order valence-electron chi connectivity index (χ0n) is 19.2. The fourth-order valence-electron chi connectivity index (χ4n) is 3.57. The monoisotopic (exact) mass is 470 g/mol. The average Bonchev–Trinajstić information content (AvgIpc) is 3.43. The highest BCUT2D eigenvalue weighted by Gasteiger charge is 2.29. The van der Waals surface area contributed by atoms with Gasteiger partial charge >= 0.3 is 0 Å². The first-order chi connectivity index (χ1) is 15.6. The van der Waals surface area contributed by atoms with Crippen molar-refractivity contribution >= 4 is 21.5 Å². The van der Waals surface area contributed by atoms with Gasteiger partial charge in [0.05, 0.1) is 17.0 Å². The summed E-state index contributed by atoms with van der Waals surface area (Å²) < 4.78 is 32.9. The van der Waals surface area contributed by atoms with Crippen molar-refractivity contribution in [1.82, 2.24) is 15.2 Å². The first-order valence-electron chi connectivity index (χ1n) is 11.1. The number of pyridine rings is 1. The number of rotatable bonds is 10. The second kappa shape index (κ2) is 9.11. The van der Waals surface area contributed by atoms with Crippen molar-refractivity contribution in [2.45, 2.75) is 38.6 Å². The predicted octanol–water partition coefficient (Wildman–Crippen LogP) is 3.16.